The molecule has 6 nitrogen and oxygen atoms in total. The third kappa shape index (κ3) is 3.29. The first-order chi connectivity index (χ1) is 9.19. The van der Waals surface area contributed by atoms with E-state index < -0.39 is 5.91 Å². The number of amides is 2. The second-order valence-electron chi connectivity index (χ2n) is 3.63. The van der Waals surface area contributed by atoms with Gasteiger partial charge in [0.05, 0.1) is 0 Å². The normalized spacial score (nSPS) is 9.68. The van der Waals surface area contributed by atoms with Crippen molar-refractivity contribution in [1.29, 1.82) is 0 Å². The number of nitrogens with zero attached hydrogens (tertiary/aromatic N) is 1. The van der Waals surface area contributed by atoms with Crippen LogP contribution in [0.15, 0.2) is 42.6 Å². The standard InChI is InChI=1S/C13H11N3O3/c14-13(18)12-7-11(4-5-15-12)19-10-3-1-2-9(6-10)16-8-17/h1-8H,(H2,14,18)(H,16,17). The monoisotopic (exact) mass is 257 g/mol. The fraction of sp³-hybridized carbons (Fsp3) is 0. The quantitative estimate of drug-likeness (QED) is 0.794. The van der Waals surface area contributed by atoms with Gasteiger partial charge in [0, 0.05) is 24.0 Å². The third-order valence-electron chi connectivity index (χ3n) is 2.28. The van der Waals surface area contributed by atoms with E-state index in [1.54, 1.807) is 30.3 Å². The lowest BCUT2D eigenvalue weighted by atomic mass is 10.3. The molecule has 2 aromatic rings. The Hall–Kier alpha value is -2.89. The smallest absolute Gasteiger partial charge is 0.267 e. The number of carbonyl (C=O) groups excluding carboxylic acids is 2. The molecule has 0 radical (unpaired) electrons. The second-order valence-corrected chi connectivity index (χ2v) is 3.63. The summed E-state index contributed by atoms with van der Waals surface area (Å²) in [5.41, 5.74) is 5.87. The molecule has 1 aromatic carbocycles. The highest BCUT2D eigenvalue weighted by Crippen LogP contribution is 2.23. The maximum absolute atomic E-state index is 11.0. The van der Waals surface area contributed by atoms with E-state index >= 15 is 0 Å². The van der Waals surface area contributed by atoms with E-state index in [1.165, 1.54) is 12.3 Å². The Kier molecular flexibility index (Phi) is 3.72. The van der Waals surface area contributed by atoms with Crippen LogP contribution in [0.1, 0.15) is 10.5 Å². The van der Waals surface area contributed by atoms with Gasteiger partial charge in [0.25, 0.3) is 5.91 Å². The van der Waals surface area contributed by atoms with Crippen molar-refractivity contribution in [3.05, 3.63) is 48.3 Å². The number of hydrogen-bond donors (Lipinski definition) is 2. The second kappa shape index (κ2) is 5.63. The van der Waals surface area contributed by atoms with E-state index in [2.05, 4.69) is 10.3 Å². The predicted octanol–water partition coefficient (Wildman–Crippen LogP) is 1.54. The molecular formula is C13H11N3O3. The molecule has 2 amide bonds. The summed E-state index contributed by atoms with van der Waals surface area (Å²) in [6, 6.07) is 9.88. The van der Waals surface area contributed by atoms with E-state index in [-0.39, 0.29) is 5.69 Å². The van der Waals surface area contributed by atoms with Crippen molar-refractivity contribution in [3.63, 3.8) is 0 Å². The van der Waals surface area contributed by atoms with Crippen molar-refractivity contribution in [1.82, 2.24) is 4.98 Å². The first-order valence-corrected chi connectivity index (χ1v) is 5.43. The minimum atomic E-state index is -0.623. The Labute approximate surface area is 109 Å². The van der Waals surface area contributed by atoms with Crippen LogP contribution in [-0.4, -0.2) is 17.3 Å². The molecule has 0 aliphatic heterocycles. The molecule has 2 rings (SSSR count). The zero-order chi connectivity index (χ0) is 13.7. The van der Waals surface area contributed by atoms with E-state index in [0.717, 1.165) is 0 Å². The fourth-order valence-corrected chi connectivity index (χ4v) is 1.46. The number of aromatic nitrogens is 1. The molecule has 0 spiro atoms. The van der Waals surface area contributed by atoms with Gasteiger partial charge in [-0.3, -0.25) is 14.6 Å². The number of primary amides is 1. The number of benzene rings is 1. The average molecular weight is 257 g/mol. The van der Waals surface area contributed by atoms with Gasteiger partial charge < -0.3 is 15.8 Å². The molecule has 6 heteroatoms. The first-order valence-electron chi connectivity index (χ1n) is 5.43. The number of ether oxygens (including phenoxy) is 1. The first kappa shape index (κ1) is 12.6. The third-order valence-corrected chi connectivity index (χ3v) is 2.28. The van der Waals surface area contributed by atoms with Crippen LogP contribution >= 0.6 is 0 Å². The van der Waals surface area contributed by atoms with Gasteiger partial charge in [0.2, 0.25) is 6.41 Å². The Morgan fingerprint density at radius 2 is 2.05 bits per heavy atom. The Balaban J connectivity index is 2.20. The van der Waals surface area contributed by atoms with Gasteiger partial charge in [0.15, 0.2) is 0 Å². The summed E-state index contributed by atoms with van der Waals surface area (Å²) >= 11 is 0. The number of anilines is 1. The van der Waals surface area contributed by atoms with Crippen LogP contribution in [0.5, 0.6) is 11.5 Å². The highest BCUT2D eigenvalue weighted by molar-refractivity contribution is 5.91. The van der Waals surface area contributed by atoms with Crippen LogP contribution in [0.25, 0.3) is 0 Å². The number of pyridine rings is 1. The fourth-order valence-electron chi connectivity index (χ4n) is 1.46. The van der Waals surface area contributed by atoms with Crippen molar-refractivity contribution in [2.45, 2.75) is 0 Å². The molecule has 0 aliphatic rings. The summed E-state index contributed by atoms with van der Waals surface area (Å²) in [6.45, 7) is 0. The molecule has 1 heterocycles. The van der Waals surface area contributed by atoms with Gasteiger partial charge >= 0.3 is 0 Å². The van der Waals surface area contributed by atoms with Crippen molar-refractivity contribution < 1.29 is 14.3 Å². The number of hydrogen-bond acceptors (Lipinski definition) is 4. The number of carbonyl (C=O) groups is 2. The summed E-state index contributed by atoms with van der Waals surface area (Å²) in [4.78, 5) is 25.2. The van der Waals surface area contributed by atoms with Gasteiger partial charge in [-0.25, -0.2) is 0 Å². The summed E-state index contributed by atoms with van der Waals surface area (Å²) in [5, 5.41) is 2.52. The summed E-state index contributed by atoms with van der Waals surface area (Å²) < 4.78 is 5.55. The van der Waals surface area contributed by atoms with Gasteiger partial charge in [-0.05, 0) is 18.2 Å². The topological polar surface area (TPSA) is 94.3 Å². The Bertz CT molecular complexity index is 614. The molecule has 0 unspecified atom stereocenters. The van der Waals surface area contributed by atoms with E-state index in [9.17, 15) is 9.59 Å². The van der Waals surface area contributed by atoms with Crippen LogP contribution in [0.3, 0.4) is 0 Å². The minimum Gasteiger partial charge on any atom is -0.457 e. The van der Waals surface area contributed by atoms with Gasteiger partial charge in [-0.2, -0.15) is 0 Å². The van der Waals surface area contributed by atoms with Gasteiger partial charge in [0.1, 0.15) is 17.2 Å². The van der Waals surface area contributed by atoms with E-state index in [1.807, 2.05) is 0 Å². The molecule has 0 saturated heterocycles. The maximum atomic E-state index is 11.0. The van der Waals surface area contributed by atoms with Crippen molar-refractivity contribution in [3.8, 4) is 11.5 Å². The number of nitrogens with two attached hydrogens (primary N) is 1. The molecule has 1 aromatic heterocycles. The molecule has 19 heavy (non-hydrogen) atoms. The van der Waals surface area contributed by atoms with Crippen molar-refractivity contribution >= 4 is 18.0 Å². The molecule has 0 fully saturated rings. The summed E-state index contributed by atoms with van der Waals surface area (Å²) in [5.74, 6) is 0.336. The van der Waals surface area contributed by atoms with Gasteiger partial charge in [-0.15, -0.1) is 0 Å². The zero-order valence-corrected chi connectivity index (χ0v) is 9.87. The summed E-state index contributed by atoms with van der Waals surface area (Å²) in [6.07, 6.45) is 2.01. The highest BCUT2D eigenvalue weighted by atomic mass is 16.5. The van der Waals surface area contributed by atoms with Crippen LogP contribution in [0.4, 0.5) is 5.69 Å². The Morgan fingerprint density at radius 3 is 2.79 bits per heavy atom. The molecule has 0 bridgehead atoms. The number of rotatable bonds is 5. The lowest BCUT2D eigenvalue weighted by Crippen LogP contribution is -2.12. The zero-order valence-electron chi connectivity index (χ0n) is 9.87. The summed E-state index contributed by atoms with van der Waals surface area (Å²) in [7, 11) is 0. The molecule has 3 N–H and O–H groups in total. The predicted molar refractivity (Wildman–Crippen MR) is 69.0 cm³/mol. The highest BCUT2D eigenvalue weighted by Gasteiger charge is 2.05. The van der Waals surface area contributed by atoms with Gasteiger partial charge in [-0.1, -0.05) is 6.07 Å². The molecule has 0 saturated carbocycles. The van der Waals surface area contributed by atoms with Crippen LogP contribution in [-0.2, 0) is 4.79 Å². The lowest BCUT2D eigenvalue weighted by Gasteiger charge is -2.07. The van der Waals surface area contributed by atoms with E-state index in [0.29, 0.717) is 23.6 Å². The molecule has 0 atom stereocenters. The van der Waals surface area contributed by atoms with E-state index in [4.69, 9.17) is 10.5 Å². The average Bonchev–Trinajstić information content (AvgIpc) is 2.40. The largest absolute Gasteiger partial charge is 0.457 e. The number of nitrogens with one attached hydrogen (secondary N) is 1. The Morgan fingerprint density at radius 1 is 1.26 bits per heavy atom. The molecule has 96 valence electrons. The van der Waals surface area contributed by atoms with Crippen molar-refractivity contribution in [2.75, 3.05) is 5.32 Å². The van der Waals surface area contributed by atoms with Crippen LogP contribution in [0.2, 0.25) is 0 Å². The lowest BCUT2D eigenvalue weighted by molar-refractivity contribution is -0.105. The van der Waals surface area contributed by atoms with Crippen LogP contribution < -0.4 is 15.8 Å². The maximum Gasteiger partial charge on any atom is 0.267 e. The molecular weight excluding hydrogens is 246 g/mol. The van der Waals surface area contributed by atoms with Crippen molar-refractivity contribution in [2.24, 2.45) is 5.73 Å². The SMILES string of the molecule is NC(=O)c1cc(Oc2cccc(NC=O)c2)ccn1. The minimum absolute atomic E-state index is 0.125. The van der Waals surface area contributed by atoms with Crippen LogP contribution in [0, 0.1) is 0 Å². The molecule has 0 aliphatic carbocycles.